The van der Waals surface area contributed by atoms with Crippen molar-refractivity contribution in [1.29, 1.82) is 0 Å². The topological polar surface area (TPSA) is 36.4 Å². The molecule has 1 saturated heterocycles. The van der Waals surface area contributed by atoms with Gasteiger partial charge in [0.05, 0.1) is 12.1 Å². The minimum absolute atomic E-state index is 0.109. The number of halogens is 1. The molecule has 1 aromatic heterocycles. The van der Waals surface area contributed by atoms with Crippen molar-refractivity contribution >= 4 is 11.8 Å². The van der Waals surface area contributed by atoms with Gasteiger partial charge in [0.15, 0.2) is 11.6 Å². The van der Waals surface area contributed by atoms with Gasteiger partial charge >= 0.3 is 6.03 Å². The van der Waals surface area contributed by atoms with Crippen LogP contribution >= 0.6 is 0 Å². The third-order valence-electron chi connectivity index (χ3n) is 3.19. The van der Waals surface area contributed by atoms with Crippen molar-refractivity contribution in [2.45, 2.75) is 40.2 Å². The first-order valence-electron chi connectivity index (χ1n) is 6.50. The van der Waals surface area contributed by atoms with Gasteiger partial charge in [-0.3, -0.25) is 4.90 Å². The van der Waals surface area contributed by atoms with Gasteiger partial charge in [-0.05, 0) is 32.4 Å². The lowest BCUT2D eigenvalue weighted by Gasteiger charge is -2.24. The number of hydrogen-bond acceptors (Lipinski definition) is 2. The van der Waals surface area contributed by atoms with Crippen LogP contribution in [0.2, 0.25) is 0 Å². The summed E-state index contributed by atoms with van der Waals surface area (Å²) in [5, 5.41) is 0. The Morgan fingerprint density at radius 3 is 2.37 bits per heavy atom. The fourth-order valence-corrected chi connectivity index (χ4v) is 1.89. The van der Waals surface area contributed by atoms with E-state index < -0.39 is 5.82 Å². The van der Waals surface area contributed by atoms with Crippen molar-refractivity contribution in [1.82, 2.24) is 9.88 Å². The second-order valence-corrected chi connectivity index (χ2v) is 5.06. The van der Waals surface area contributed by atoms with Crippen LogP contribution in [0.3, 0.4) is 0 Å². The number of urea groups is 1. The summed E-state index contributed by atoms with van der Waals surface area (Å²) in [5.41, 5.74) is 0.432. The normalized spacial score (nSPS) is 17.3. The van der Waals surface area contributed by atoms with Crippen LogP contribution in [0.4, 0.5) is 15.0 Å². The number of rotatable bonds is 1. The van der Waals surface area contributed by atoms with E-state index in [1.807, 2.05) is 27.7 Å². The SMILES string of the molecule is CC.Cc1cnc(N2CC(C)(C)N(C)C2=O)c(F)c1. The summed E-state index contributed by atoms with van der Waals surface area (Å²) in [7, 11) is 1.72. The van der Waals surface area contributed by atoms with Crippen LogP contribution in [0, 0.1) is 12.7 Å². The number of anilines is 1. The Hall–Kier alpha value is -1.65. The lowest BCUT2D eigenvalue weighted by atomic mass is 10.1. The first-order chi connectivity index (χ1) is 8.83. The van der Waals surface area contributed by atoms with Gasteiger partial charge in [-0.25, -0.2) is 14.2 Å². The van der Waals surface area contributed by atoms with E-state index >= 15 is 0 Å². The zero-order valence-corrected chi connectivity index (χ0v) is 12.5. The van der Waals surface area contributed by atoms with E-state index in [0.29, 0.717) is 6.54 Å². The molecule has 2 heterocycles. The molecule has 1 aliphatic rings. The van der Waals surface area contributed by atoms with Crippen molar-refractivity contribution < 1.29 is 9.18 Å². The number of nitrogens with zero attached hydrogens (tertiary/aromatic N) is 3. The molecule has 0 aliphatic carbocycles. The van der Waals surface area contributed by atoms with E-state index in [2.05, 4.69) is 4.98 Å². The standard InChI is InChI=1S/C12H16FN3O.C2H6/c1-8-5-9(13)10(14-6-8)16-7-12(2,3)15(4)11(16)17;1-2/h5-6H,7H2,1-4H3;1-2H3. The number of pyridine rings is 1. The van der Waals surface area contributed by atoms with Gasteiger partial charge in [0, 0.05) is 13.2 Å². The van der Waals surface area contributed by atoms with Gasteiger partial charge in [-0.15, -0.1) is 0 Å². The molecule has 0 unspecified atom stereocenters. The Labute approximate surface area is 114 Å². The third-order valence-corrected chi connectivity index (χ3v) is 3.19. The predicted molar refractivity (Wildman–Crippen MR) is 74.9 cm³/mol. The van der Waals surface area contributed by atoms with Crippen LogP contribution in [0.25, 0.3) is 0 Å². The maximum atomic E-state index is 13.8. The van der Waals surface area contributed by atoms with Crippen molar-refractivity contribution in [3.05, 3.63) is 23.6 Å². The van der Waals surface area contributed by atoms with Crippen molar-refractivity contribution in [2.75, 3.05) is 18.5 Å². The summed E-state index contributed by atoms with van der Waals surface area (Å²) in [6, 6.07) is 1.17. The quantitative estimate of drug-likeness (QED) is 0.783. The average molecular weight is 267 g/mol. The van der Waals surface area contributed by atoms with Crippen LogP contribution in [0.1, 0.15) is 33.3 Å². The van der Waals surface area contributed by atoms with E-state index in [0.717, 1.165) is 5.56 Å². The van der Waals surface area contributed by atoms with Crippen molar-refractivity contribution in [2.24, 2.45) is 0 Å². The van der Waals surface area contributed by atoms with Gasteiger partial charge < -0.3 is 4.90 Å². The Morgan fingerprint density at radius 2 is 1.95 bits per heavy atom. The lowest BCUT2D eigenvalue weighted by Crippen LogP contribution is -2.38. The first-order valence-corrected chi connectivity index (χ1v) is 6.50. The van der Waals surface area contributed by atoms with E-state index in [9.17, 15) is 9.18 Å². The number of likely N-dealkylation sites (N-methyl/N-ethyl adjacent to an activating group) is 1. The molecule has 0 saturated carbocycles. The summed E-state index contributed by atoms with van der Waals surface area (Å²) in [5.74, 6) is -0.345. The van der Waals surface area contributed by atoms with Crippen LogP contribution in [-0.4, -0.2) is 35.0 Å². The minimum atomic E-state index is -0.454. The molecule has 2 rings (SSSR count). The van der Waals surface area contributed by atoms with Crippen LogP contribution < -0.4 is 4.90 Å². The van der Waals surface area contributed by atoms with Crippen molar-refractivity contribution in [3.63, 3.8) is 0 Å². The molecular weight excluding hydrogens is 245 g/mol. The molecule has 1 fully saturated rings. The minimum Gasteiger partial charge on any atom is -0.320 e. The Kier molecular flexibility index (Phi) is 4.50. The molecule has 0 radical (unpaired) electrons. The molecule has 1 aromatic rings. The average Bonchev–Trinajstić information content (AvgIpc) is 2.56. The Morgan fingerprint density at radius 1 is 1.37 bits per heavy atom. The number of carbonyl (C=O) groups is 1. The summed E-state index contributed by atoms with van der Waals surface area (Å²) in [6.07, 6.45) is 1.57. The Balaban J connectivity index is 0.000000861. The molecule has 1 aliphatic heterocycles. The number of aromatic nitrogens is 1. The fraction of sp³-hybridized carbons (Fsp3) is 0.571. The number of carbonyl (C=O) groups excluding carboxylic acids is 1. The maximum absolute atomic E-state index is 13.8. The second-order valence-electron chi connectivity index (χ2n) is 5.06. The molecule has 4 nitrogen and oxygen atoms in total. The molecule has 19 heavy (non-hydrogen) atoms. The van der Waals surface area contributed by atoms with Gasteiger partial charge in [-0.2, -0.15) is 0 Å². The van der Waals surface area contributed by atoms with E-state index in [1.54, 1.807) is 25.1 Å². The first kappa shape index (κ1) is 15.4. The zero-order chi connectivity index (χ0) is 14.8. The Bertz CT molecular complexity index is 474. The van der Waals surface area contributed by atoms with Gasteiger partial charge in [0.2, 0.25) is 0 Å². The molecule has 2 amide bonds. The largest absolute Gasteiger partial charge is 0.326 e. The van der Waals surface area contributed by atoms with Gasteiger partial charge in [0.1, 0.15) is 0 Å². The highest BCUT2D eigenvalue weighted by molar-refractivity contribution is 5.94. The van der Waals surface area contributed by atoms with E-state index in [-0.39, 0.29) is 17.4 Å². The highest BCUT2D eigenvalue weighted by Gasteiger charge is 2.42. The second kappa shape index (κ2) is 5.55. The monoisotopic (exact) mass is 267 g/mol. The summed E-state index contributed by atoms with van der Waals surface area (Å²) in [6.45, 7) is 10.1. The maximum Gasteiger partial charge on any atom is 0.326 e. The number of amides is 2. The molecule has 106 valence electrons. The fourth-order valence-electron chi connectivity index (χ4n) is 1.89. The number of hydrogen-bond donors (Lipinski definition) is 0. The molecule has 0 bridgehead atoms. The highest BCUT2D eigenvalue weighted by atomic mass is 19.1. The summed E-state index contributed by atoms with van der Waals surface area (Å²) >= 11 is 0. The zero-order valence-electron chi connectivity index (χ0n) is 12.5. The molecule has 0 aromatic carbocycles. The predicted octanol–water partition coefficient (Wildman–Crippen LogP) is 3.21. The molecule has 0 N–H and O–H groups in total. The van der Waals surface area contributed by atoms with E-state index in [4.69, 9.17) is 0 Å². The summed E-state index contributed by atoms with van der Waals surface area (Å²) < 4.78 is 13.8. The summed E-state index contributed by atoms with van der Waals surface area (Å²) in [4.78, 5) is 19.0. The lowest BCUT2D eigenvalue weighted by molar-refractivity contribution is 0.198. The molecule has 0 spiro atoms. The van der Waals surface area contributed by atoms with Crippen LogP contribution in [-0.2, 0) is 0 Å². The smallest absolute Gasteiger partial charge is 0.320 e. The van der Waals surface area contributed by atoms with Gasteiger partial charge in [-0.1, -0.05) is 13.8 Å². The van der Waals surface area contributed by atoms with Crippen molar-refractivity contribution in [3.8, 4) is 0 Å². The van der Waals surface area contributed by atoms with Gasteiger partial charge in [0.25, 0.3) is 0 Å². The molecule has 5 heteroatoms. The third kappa shape index (κ3) is 2.85. The molecule has 0 atom stereocenters. The molecular formula is C14H22FN3O. The highest BCUT2D eigenvalue weighted by Crippen LogP contribution is 2.29. The van der Waals surface area contributed by atoms with Crippen LogP contribution in [0.15, 0.2) is 12.3 Å². The van der Waals surface area contributed by atoms with Crippen LogP contribution in [0.5, 0.6) is 0 Å². The number of aryl methyl sites for hydroxylation is 1. The van der Waals surface area contributed by atoms with E-state index in [1.165, 1.54) is 11.0 Å².